The fourth-order valence-corrected chi connectivity index (χ4v) is 2.47. The van der Waals surface area contributed by atoms with Gasteiger partial charge in [0.2, 0.25) is 10.0 Å². The lowest BCUT2D eigenvalue weighted by molar-refractivity contribution is -0.136. The van der Waals surface area contributed by atoms with Crippen molar-refractivity contribution in [2.45, 2.75) is 17.7 Å². The highest BCUT2D eigenvalue weighted by Crippen LogP contribution is 2.12. The van der Waals surface area contributed by atoms with Crippen molar-refractivity contribution in [3.8, 4) is 0 Å². The number of Topliss-reactive ketones (excluding diaryl/α,β-unsaturated/α-hetero) is 1. The summed E-state index contributed by atoms with van der Waals surface area (Å²) in [5.74, 6) is -1.43. The Labute approximate surface area is 116 Å². The predicted molar refractivity (Wildman–Crippen MR) is 69.9 cm³/mol. The molecule has 0 aliphatic rings. The van der Waals surface area contributed by atoms with Gasteiger partial charge in [0.1, 0.15) is 0 Å². The molecular weight excluding hydrogens is 286 g/mol. The number of aliphatic carboxylic acids is 1. The molecule has 3 N–H and O–H groups in total. The Morgan fingerprint density at radius 3 is 2.20 bits per heavy atom. The van der Waals surface area contributed by atoms with E-state index in [-0.39, 0.29) is 42.2 Å². The summed E-state index contributed by atoms with van der Waals surface area (Å²) in [6.45, 7) is -0.410. The largest absolute Gasteiger partial charge is 0.481 e. The van der Waals surface area contributed by atoms with Gasteiger partial charge in [-0.15, -0.1) is 0 Å². The lowest BCUT2D eigenvalue weighted by Crippen LogP contribution is -2.26. The van der Waals surface area contributed by atoms with Crippen LogP contribution in [0.4, 0.5) is 0 Å². The van der Waals surface area contributed by atoms with Crippen LogP contribution in [0.5, 0.6) is 0 Å². The van der Waals surface area contributed by atoms with E-state index >= 15 is 0 Å². The molecular formula is C12H15NO6S. The molecule has 7 nitrogen and oxygen atoms in total. The third-order valence-corrected chi connectivity index (χ3v) is 3.93. The number of nitrogens with one attached hydrogen (secondary N) is 1. The fraction of sp³-hybridized carbons (Fsp3) is 0.333. The summed E-state index contributed by atoms with van der Waals surface area (Å²) in [5, 5.41) is 17.1. The molecule has 0 spiro atoms. The zero-order chi connectivity index (χ0) is 15.2. The van der Waals surface area contributed by atoms with Gasteiger partial charge in [-0.05, 0) is 12.1 Å². The molecule has 110 valence electrons. The second-order valence-electron chi connectivity index (χ2n) is 3.96. The van der Waals surface area contributed by atoms with Crippen LogP contribution in [0.3, 0.4) is 0 Å². The van der Waals surface area contributed by atoms with E-state index in [9.17, 15) is 18.0 Å². The molecule has 0 aliphatic carbocycles. The number of ketones is 1. The molecule has 0 saturated carbocycles. The van der Waals surface area contributed by atoms with E-state index in [1.165, 1.54) is 24.3 Å². The Bertz CT molecular complexity index is 578. The number of carboxylic acid groups (broad SMARTS) is 1. The highest BCUT2D eigenvalue weighted by molar-refractivity contribution is 7.89. The normalized spacial score (nSPS) is 11.2. The molecule has 0 aliphatic heterocycles. The molecule has 1 rings (SSSR count). The molecule has 0 amide bonds. The Kier molecular flexibility index (Phi) is 5.81. The maximum Gasteiger partial charge on any atom is 0.303 e. The van der Waals surface area contributed by atoms with E-state index in [2.05, 4.69) is 4.72 Å². The Hall–Kier alpha value is -1.77. The first kappa shape index (κ1) is 16.3. The number of hydrogen-bond donors (Lipinski definition) is 3. The quantitative estimate of drug-likeness (QED) is 0.581. The van der Waals surface area contributed by atoms with E-state index < -0.39 is 16.0 Å². The summed E-state index contributed by atoms with van der Waals surface area (Å²) in [5.41, 5.74) is 0.257. The average molecular weight is 301 g/mol. The number of rotatable bonds is 8. The van der Waals surface area contributed by atoms with Crippen LogP contribution in [0.25, 0.3) is 0 Å². The first-order valence-corrected chi connectivity index (χ1v) is 7.30. The van der Waals surface area contributed by atoms with Crippen molar-refractivity contribution in [3.63, 3.8) is 0 Å². The van der Waals surface area contributed by atoms with Crippen molar-refractivity contribution in [3.05, 3.63) is 29.8 Å². The van der Waals surface area contributed by atoms with E-state index in [0.717, 1.165) is 0 Å². The van der Waals surface area contributed by atoms with Gasteiger partial charge in [0, 0.05) is 18.5 Å². The molecule has 1 aromatic rings. The number of aliphatic hydroxyl groups is 1. The van der Waals surface area contributed by atoms with E-state index in [0.29, 0.717) is 0 Å². The molecule has 0 fully saturated rings. The zero-order valence-corrected chi connectivity index (χ0v) is 11.4. The van der Waals surface area contributed by atoms with Crippen LogP contribution < -0.4 is 4.72 Å². The van der Waals surface area contributed by atoms with Gasteiger partial charge < -0.3 is 10.2 Å². The Morgan fingerprint density at radius 2 is 1.70 bits per heavy atom. The smallest absolute Gasteiger partial charge is 0.303 e. The third-order valence-electron chi connectivity index (χ3n) is 2.46. The summed E-state index contributed by atoms with van der Waals surface area (Å²) in [6.07, 6.45) is -0.402. The van der Waals surface area contributed by atoms with Gasteiger partial charge >= 0.3 is 5.97 Å². The maximum absolute atomic E-state index is 11.7. The standard InChI is InChI=1S/C12H15NO6S/c14-8-7-13-20(18,19)10-3-1-9(2-4-10)11(15)5-6-12(16)17/h1-4,13-14H,5-8H2,(H,16,17). The minimum Gasteiger partial charge on any atom is -0.481 e. The highest BCUT2D eigenvalue weighted by atomic mass is 32.2. The van der Waals surface area contributed by atoms with E-state index in [1.54, 1.807) is 0 Å². The van der Waals surface area contributed by atoms with Crippen molar-refractivity contribution in [2.75, 3.05) is 13.2 Å². The van der Waals surface area contributed by atoms with Gasteiger partial charge in [0.05, 0.1) is 17.9 Å². The molecule has 8 heteroatoms. The fourth-order valence-electron chi connectivity index (χ4n) is 1.45. The zero-order valence-electron chi connectivity index (χ0n) is 10.6. The third kappa shape index (κ3) is 4.72. The number of hydrogen-bond acceptors (Lipinski definition) is 5. The molecule has 0 bridgehead atoms. The maximum atomic E-state index is 11.7. The van der Waals surface area contributed by atoms with E-state index in [4.69, 9.17) is 10.2 Å². The van der Waals surface area contributed by atoms with Crippen molar-refractivity contribution < 1.29 is 28.2 Å². The predicted octanol–water partition coefficient (Wildman–Crippen LogP) is 0.00470. The first-order valence-electron chi connectivity index (χ1n) is 5.82. The second kappa shape index (κ2) is 7.13. The average Bonchev–Trinajstić information content (AvgIpc) is 2.42. The van der Waals surface area contributed by atoms with Crippen LogP contribution in [0.15, 0.2) is 29.2 Å². The number of aliphatic hydroxyl groups excluding tert-OH is 1. The van der Waals surface area contributed by atoms with E-state index in [1.807, 2.05) is 0 Å². The minimum absolute atomic E-state index is 0.0271. The summed E-state index contributed by atoms with van der Waals surface area (Å²) in [4.78, 5) is 22.0. The minimum atomic E-state index is -3.71. The Balaban J connectivity index is 2.78. The van der Waals surface area contributed by atoms with Gasteiger partial charge in [0.25, 0.3) is 0 Å². The highest BCUT2D eigenvalue weighted by Gasteiger charge is 2.14. The summed E-state index contributed by atoms with van der Waals surface area (Å²) in [6, 6.07) is 5.18. The lowest BCUT2D eigenvalue weighted by atomic mass is 10.1. The van der Waals surface area contributed by atoms with Gasteiger partial charge in [0.15, 0.2) is 5.78 Å². The second-order valence-corrected chi connectivity index (χ2v) is 5.73. The van der Waals surface area contributed by atoms with Gasteiger partial charge in [-0.1, -0.05) is 12.1 Å². The molecule has 0 radical (unpaired) electrons. The summed E-state index contributed by atoms with van der Waals surface area (Å²) >= 11 is 0. The summed E-state index contributed by atoms with van der Waals surface area (Å²) in [7, 11) is -3.71. The van der Waals surface area contributed by atoms with Gasteiger partial charge in [-0.3, -0.25) is 9.59 Å². The topological polar surface area (TPSA) is 121 Å². The number of carbonyl (C=O) groups excluding carboxylic acids is 1. The van der Waals surface area contributed by atoms with Crippen molar-refractivity contribution in [1.82, 2.24) is 4.72 Å². The molecule has 0 saturated heterocycles. The van der Waals surface area contributed by atoms with Crippen LogP contribution >= 0.6 is 0 Å². The SMILES string of the molecule is O=C(O)CCC(=O)c1ccc(S(=O)(=O)NCCO)cc1. The number of benzene rings is 1. The molecule has 20 heavy (non-hydrogen) atoms. The van der Waals surface area contributed by atoms with Crippen LogP contribution in [-0.2, 0) is 14.8 Å². The molecule has 1 aromatic carbocycles. The van der Waals surface area contributed by atoms with Gasteiger partial charge in [-0.25, -0.2) is 13.1 Å². The van der Waals surface area contributed by atoms with Crippen LogP contribution in [0.1, 0.15) is 23.2 Å². The van der Waals surface area contributed by atoms with Gasteiger partial charge in [-0.2, -0.15) is 0 Å². The number of carboxylic acids is 1. The molecule has 0 heterocycles. The number of sulfonamides is 1. The van der Waals surface area contributed by atoms with Crippen molar-refractivity contribution >= 4 is 21.8 Å². The molecule has 0 aromatic heterocycles. The molecule has 0 atom stereocenters. The van der Waals surface area contributed by atoms with Crippen LogP contribution in [0.2, 0.25) is 0 Å². The Morgan fingerprint density at radius 1 is 1.10 bits per heavy atom. The van der Waals surface area contributed by atoms with Crippen molar-refractivity contribution in [2.24, 2.45) is 0 Å². The van der Waals surface area contributed by atoms with Crippen LogP contribution in [0, 0.1) is 0 Å². The first-order chi connectivity index (χ1) is 9.36. The number of carbonyl (C=O) groups is 2. The lowest BCUT2D eigenvalue weighted by Gasteiger charge is -2.06. The molecule has 0 unspecified atom stereocenters. The summed E-state index contributed by atoms with van der Waals surface area (Å²) < 4.78 is 25.6. The van der Waals surface area contributed by atoms with Crippen LogP contribution in [-0.4, -0.2) is 43.5 Å². The van der Waals surface area contributed by atoms with Crippen molar-refractivity contribution in [1.29, 1.82) is 0 Å². The monoisotopic (exact) mass is 301 g/mol.